The van der Waals surface area contributed by atoms with Gasteiger partial charge in [0.15, 0.2) is 0 Å². The number of hydrogen-bond acceptors (Lipinski definition) is 1. The lowest BCUT2D eigenvalue weighted by atomic mass is 9.99. The SMILES string of the molecule is C=Cc1c(F)cc(OC(F)(F)c2c(F)cc(-c3ccc(CCCCC)cc3)cc2F)cc1F. The van der Waals surface area contributed by atoms with E-state index in [0.29, 0.717) is 17.7 Å². The fraction of sp³-hybridized carbons (Fsp3) is 0.231. The van der Waals surface area contributed by atoms with Gasteiger partial charge in [0.05, 0.1) is 0 Å². The van der Waals surface area contributed by atoms with Crippen LogP contribution in [0.4, 0.5) is 26.3 Å². The van der Waals surface area contributed by atoms with Crippen LogP contribution in [0.25, 0.3) is 17.2 Å². The van der Waals surface area contributed by atoms with Crippen LogP contribution in [0.1, 0.15) is 42.9 Å². The number of benzene rings is 3. The molecular weight excluding hydrogens is 442 g/mol. The summed E-state index contributed by atoms with van der Waals surface area (Å²) in [6, 6.07) is 9.48. The maximum Gasteiger partial charge on any atom is 0.432 e. The van der Waals surface area contributed by atoms with Crippen molar-refractivity contribution >= 4 is 6.08 Å². The predicted molar refractivity (Wildman–Crippen MR) is 116 cm³/mol. The highest BCUT2D eigenvalue weighted by atomic mass is 19.3. The van der Waals surface area contributed by atoms with Gasteiger partial charge in [0.2, 0.25) is 0 Å². The van der Waals surface area contributed by atoms with Gasteiger partial charge in [0.25, 0.3) is 0 Å². The number of ether oxygens (including phenoxy) is 1. The van der Waals surface area contributed by atoms with Crippen LogP contribution >= 0.6 is 0 Å². The molecule has 0 radical (unpaired) electrons. The van der Waals surface area contributed by atoms with Gasteiger partial charge in [-0.05, 0) is 41.7 Å². The smallest absolute Gasteiger partial charge is 0.429 e. The Labute approximate surface area is 188 Å². The predicted octanol–water partition coefficient (Wildman–Crippen LogP) is 8.41. The molecule has 3 aromatic rings. The second kappa shape index (κ2) is 10.1. The number of unbranched alkanes of at least 4 members (excludes halogenated alkanes) is 2. The lowest BCUT2D eigenvalue weighted by Crippen LogP contribution is -2.25. The molecule has 3 rings (SSSR count). The highest BCUT2D eigenvalue weighted by Gasteiger charge is 2.41. The van der Waals surface area contributed by atoms with Crippen molar-refractivity contribution in [3.63, 3.8) is 0 Å². The molecule has 0 aliphatic heterocycles. The molecular formula is C26H22F6O. The Morgan fingerprint density at radius 1 is 0.818 bits per heavy atom. The van der Waals surface area contributed by atoms with Crippen molar-refractivity contribution in [2.24, 2.45) is 0 Å². The Bertz CT molecular complexity index is 1090. The molecule has 0 aliphatic carbocycles. The average molecular weight is 464 g/mol. The molecule has 0 N–H and O–H groups in total. The molecule has 0 saturated carbocycles. The second-order valence-corrected chi connectivity index (χ2v) is 7.59. The molecule has 0 fully saturated rings. The minimum Gasteiger partial charge on any atom is -0.429 e. The third-order valence-corrected chi connectivity index (χ3v) is 5.19. The Hall–Kier alpha value is -3.22. The average Bonchev–Trinajstić information content (AvgIpc) is 2.73. The van der Waals surface area contributed by atoms with E-state index in [0.717, 1.165) is 49.5 Å². The van der Waals surface area contributed by atoms with E-state index in [2.05, 4.69) is 18.2 Å². The van der Waals surface area contributed by atoms with Crippen molar-refractivity contribution < 1.29 is 31.1 Å². The Balaban J connectivity index is 1.87. The van der Waals surface area contributed by atoms with E-state index in [1.807, 2.05) is 12.1 Å². The van der Waals surface area contributed by atoms with Gasteiger partial charge in [-0.25, -0.2) is 17.6 Å². The topological polar surface area (TPSA) is 9.23 Å². The highest BCUT2D eigenvalue weighted by molar-refractivity contribution is 5.64. The quantitative estimate of drug-likeness (QED) is 0.228. The van der Waals surface area contributed by atoms with Gasteiger partial charge in [-0.15, -0.1) is 0 Å². The summed E-state index contributed by atoms with van der Waals surface area (Å²) in [5, 5.41) is 0. The second-order valence-electron chi connectivity index (χ2n) is 7.59. The van der Waals surface area contributed by atoms with E-state index in [-0.39, 0.29) is 5.56 Å². The maximum absolute atomic E-state index is 14.6. The minimum atomic E-state index is -4.52. The van der Waals surface area contributed by atoms with E-state index in [4.69, 9.17) is 0 Å². The molecule has 0 aromatic heterocycles. The molecule has 0 saturated heterocycles. The van der Waals surface area contributed by atoms with Crippen LogP contribution in [-0.4, -0.2) is 0 Å². The van der Waals surface area contributed by atoms with Crippen LogP contribution in [0.5, 0.6) is 5.75 Å². The van der Waals surface area contributed by atoms with Gasteiger partial charge in [0, 0.05) is 17.7 Å². The van der Waals surface area contributed by atoms with E-state index < -0.39 is 46.3 Å². The van der Waals surface area contributed by atoms with Crippen LogP contribution in [0.3, 0.4) is 0 Å². The van der Waals surface area contributed by atoms with Crippen molar-refractivity contribution in [3.8, 4) is 16.9 Å². The third-order valence-electron chi connectivity index (χ3n) is 5.19. The molecule has 33 heavy (non-hydrogen) atoms. The lowest BCUT2D eigenvalue weighted by Gasteiger charge is -2.20. The zero-order chi connectivity index (χ0) is 24.2. The first kappa shape index (κ1) is 24.4. The van der Waals surface area contributed by atoms with Gasteiger partial charge < -0.3 is 4.74 Å². The number of halogens is 6. The largest absolute Gasteiger partial charge is 0.432 e. The van der Waals surface area contributed by atoms with Crippen molar-refractivity contribution in [2.45, 2.75) is 38.7 Å². The summed E-state index contributed by atoms with van der Waals surface area (Å²) in [6.07, 6.45) is 0.406. The first-order valence-corrected chi connectivity index (χ1v) is 10.4. The van der Waals surface area contributed by atoms with Gasteiger partial charge in [0.1, 0.15) is 34.6 Å². The molecule has 3 aromatic carbocycles. The summed E-state index contributed by atoms with van der Waals surface area (Å²) in [6.45, 7) is 5.31. The fourth-order valence-corrected chi connectivity index (χ4v) is 3.47. The van der Waals surface area contributed by atoms with E-state index in [9.17, 15) is 26.3 Å². The third kappa shape index (κ3) is 5.59. The van der Waals surface area contributed by atoms with E-state index >= 15 is 0 Å². The monoisotopic (exact) mass is 464 g/mol. The first-order valence-electron chi connectivity index (χ1n) is 10.4. The molecule has 7 heteroatoms. The van der Waals surface area contributed by atoms with Crippen molar-refractivity contribution in [3.05, 3.63) is 95.1 Å². The van der Waals surface area contributed by atoms with Gasteiger partial charge in [-0.2, -0.15) is 8.78 Å². The summed E-state index contributed by atoms with van der Waals surface area (Å²) >= 11 is 0. The van der Waals surface area contributed by atoms with E-state index in [1.54, 1.807) is 12.1 Å². The maximum atomic E-state index is 14.6. The Morgan fingerprint density at radius 2 is 1.39 bits per heavy atom. The highest BCUT2D eigenvalue weighted by Crippen LogP contribution is 2.37. The standard InChI is InChI=1S/C26H22F6O/c1-3-5-6-7-16-8-10-17(11-9-16)18-12-23(29)25(24(30)13-18)26(31,32)33-19-14-21(27)20(4-2)22(28)15-19/h4,8-15H,2-3,5-7H2,1H3. The van der Waals surface area contributed by atoms with Crippen molar-refractivity contribution in [2.75, 3.05) is 0 Å². The Kier molecular flexibility index (Phi) is 7.51. The van der Waals surface area contributed by atoms with Crippen LogP contribution < -0.4 is 4.74 Å². The van der Waals surface area contributed by atoms with Crippen LogP contribution in [0.15, 0.2) is 55.1 Å². The summed E-state index contributed by atoms with van der Waals surface area (Å²) < 4.78 is 90.3. The van der Waals surface area contributed by atoms with Crippen LogP contribution in [0.2, 0.25) is 0 Å². The van der Waals surface area contributed by atoms with E-state index in [1.165, 1.54) is 0 Å². The number of rotatable bonds is 9. The first-order chi connectivity index (χ1) is 15.7. The van der Waals surface area contributed by atoms with Crippen molar-refractivity contribution in [1.29, 1.82) is 0 Å². The molecule has 0 amide bonds. The number of hydrogen-bond donors (Lipinski definition) is 0. The summed E-state index contributed by atoms with van der Waals surface area (Å²) in [5.74, 6) is -6.44. The normalized spacial score (nSPS) is 11.5. The van der Waals surface area contributed by atoms with Gasteiger partial charge >= 0.3 is 6.11 Å². The zero-order valence-electron chi connectivity index (χ0n) is 17.9. The minimum absolute atomic E-state index is 0.0667. The molecule has 0 aliphatic rings. The lowest BCUT2D eigenvalue weighted by molar-refractivity contribution is -0.189. The summed E-state index contributed by atoms with van der Waals surface area (Å²) in [7, 11) is 0. The fourth-order valence-electron chi connectivity index (χ4n) is 3.47. The van der Waals surface area contributed by atoms with Crippen LogP contribution in [0, 0.1) is 23.3 Å². The molecule has 0 atom stereocenters. The Morgan fingerprint density at radius 3 is 1.91 bits per heavy atom. The summed E-state index contributed by atoms with van der Waals surface area (Å²) in [4.78, 5) is 0. The summed E-state index contributed by atoms with van der Waals surface area (Å²) in [5.41, 5.74) is -0.615. The van der Waals surface area contributed by atoms with Gasteiger partial charge in [-0.1, -0.05) is 56.7 Å². The van der Waals surface area contributed by atoms with Crippen molar-refractivity contribution in [1.82, 2.24) is 0 Å². The molecule has 0 bridgehead atoms. The molecule has 174 valence electrons. The van der Waals surface area contributed by atoms with Gasteiger partial charge in [-0.3, -0.25) is 0 Å². The molecule has 1 nitrogen and oxygen atoms in total. The van der Waals surface area contributed by atoms with Crippen LogP contribution in [-0.2, 0) is 12.5 Å². The number of alkyl halides is 2. The zero-order valence-corrected chi connectivity index (χ0v) is 17.9. The number of aryl methyl sites for hydroxylation is 1. The molecule has 0 heterocycles. The molecule has 0 spiro atoms. The molecule has 0 unspecified atom stereocenters.